The molecule has 4 aromatic rings. The molecule has 1 aliphatic rings. The van der Waals surface area contributed by atoms with Crippen LogP contribution in [0.4, 0.5) is 8.78 Å². The molecule has 2 aromatic heterocycles. The van der Waals surface area contributed by atoms with Gasteiger partial charge in [-0.3, -0.25) is 14.4 Å². The van der Waals surface area contributed by atoms with Crippen LogP contribution in [-0.4, -0.2) is 45.2 Å². The number of fused-ring (bicyclic) bond motifs is 4. The van der Waals surface area contributed by atoms with Crippen LogP contribution in [-0.2, 0) is 11.3 Å². The lowest BCUT2D eigenvalue weighted by atomic mass is 9.92. The van der Waals surface area contributed by atoms with Gasteiger partial charge in [0, 0.05) is 42.7 Å². The number of amides is 2. The lowest BCUT2D eigenvalue weighted by Crippen LogP contribution is -2.45. The topological polar surface area (TPSA) is 89.3 Å². The summed E-state index contributed by atoms with van der Waals surface area (Å²) in [5, 5.41) is 1.08. The maximum absolute atomic E-state index is 14.2. The van der Waals surface area contributed by atoms with E-state index in [4.69, 9.17) is 0 Å². The van der Waals surface area contributed by atoms with E-state index in [-0.39, 0.29) is 35.7 Å². The van der Waals surface area contributed by atoms with Crippen LogP contribution in [0.2, 0.25) is 0 Å². The van der Waals surface area contributed by atoms with Crippen LogP contribution in [0.3, 0.4) is 0 Å². The molecular formula is C24H20F2N4O3. The summed E-state index contributed by atoms with van der Waals surface area (Å²) in [6, 6.07) is 10.3. The number of hydrogen-bond acceptors (Lipinski definition) is 3. The largest absolute Gasteiger partial charge is 0.351 e. The van der Waals surface area contributed by atoms with E-state index < -0.39 is 23.2 Å². The highest BCUT2D eigenvalue weighted by Crippen LogP contribution is 2.35. The fraction of sp³-hybridized carbons (Fsp3) is 0.208. The highest BCUT2D eigenvalue weighted by atomic mass is 19.2. The van der Waals surface area contributed by atoms with Gasteiger partial charge in [-0.1, -0.05) is 18.2 Å². The zero-order valence-electron chi connectivity index (χ0n) is 17.9. The molecule has 0 spiro atoms. The average Bonchev–Trinajstić information content (AvgIpc) is 3.23. The summed E-state index contributed by atoms with van der Waals surface area (Å²) in [5.41, 5.74) is 1.45. The Morgan fingerprint density at radius 3 is 2.45 bits per heavy atom. The number of benzene rings is 2. The predicted molar refractivity (Wildman–Crippen MR) is 119 cm³/mol. The lowest BCUT2D eigenvalue weighted by Gasteiger charge is -2.39. The quantitative estimate of drug-likeness (QED) is 0.490. The number of aromatic nitrogens is 2. The zero-order valence-corrected chi connectivity index (χ0v) is 17.9. The van der Waals surface area contributed by atoms with Gasteiger partial charge >= 0.3 is 0 Å². The van der Waals surface area contributed by atoms with Crippen LogP contribution in [0.5, 0.6) is 0 Å². The summed E-state index contributed by atoms with van der Waals surface area (Å²) in [6.07, 6.45) is 0. The third-order valence-electron chi connectivity index (χ3n) is 6.25. The Morgan fingerprint density at radius 2 is 1.76 bits per heavy atom. The summed E-state index contributed by atoms with van der Waals surface area (Å²) >= 11 is 0. The van der Waals surface area contributed by atoms with E-state index in [0.29, 0.717) is 17.0 Å². The Labute approximate surface area is 186 Å². The van der Waals surface area contributed by atoms with Gasteiger partial charge in [0.05, 0.1) is 18.0 Å². The van der Waals surface area contributed by atoms with Gasteiger partial charge in [-0.2, -0.15) is 0 Å². The van der Waals surface area contributed by atoms with Gasteiger partial charge in [0.1, 0.15) is 5.69 Å². The minimum Gasteiger partial charge on any atom is -0.351 e. The third kappa shape index (κ3) is 3.36. The van der Waals surface area contributed by atoms with Crippen molar-refractivity contribution in [2.75, 3.05) is 13.6 Å². The van der Waals surface area contributed by atoms with Crippen molar-refractivity contribution in [1.29, 1.82) is 0 Å². The molecule has 3 heterocycles. The van der Waals surface area contributed by atoms with Crippen LogP contribution in [0, 0.1) is 11.6 Å². The molecule has 1 atom stereocenters. The number of nitrogens with zero attached hydrogens (tertiary/aromatic N) is 2. The molecule has 0 bridgehead atoms. The number of para-hydroxylation sites is 1. The minimum absolute atomic E-state index is 0.0135. The number of carbonyl (C=O) groups is 2. The number of rotatable bonds is 2. The van der Waals surface area contributed by atoms with Gasteiger partial charge in [-0.05, 0) is 29.7 Å². The van der Waals surface area contributed by atoms with Crippen LogP contribution < -0.4 is 5.56 Å². The Balaban J connectivity index is 1.67. The average molecular weight is 450 g/mol. The molecule has 1 aliphatic heterocycles. The van der Waals surface area contributed by atoms with E-state index in [2.05, 4.69) is 9.97 Å². The number of H-pyrrole nitrogens is 2. The van der Waals surface area contributed by atoms with Gasteiger partial charge in [-0.15, -0.1) is 0 Å². The highest BCUT2D eigenvalue weighted by molar-refractivity contribution is 5.98. The monoisotopic (exact) mass is 450 g/mol. The van der Waals surface area contributed by atoms with E-state index in [1.54, 1.807) is 13.1 Å². The second kappa shape index (κ2) is 7.54. The van der Waals surface area contributed by atoms with Crippen LogP contribution in [0.1, 0.15) is 34.7 Å². The Morgan fingerprint density at radius 1 is 1.06 bits per heavy atom. The van der Waals surface area contributed by atoms with Gasteiger partial charge in [0.15, 0.2) is 11.6 Å². The normalized spacial score (nSPS) is 15.6. The van der Waals surface area contributed by atoms with E-state index in [1.807, 2.05) is 24.3 Å². The maximum atomic E-state index is 14.2. The first-order valence-corrected chi connectivity index (χ1v) is 10.4. The second-order valence-electron chi connectivity index (χ2n) is 8.26. The molecule has 2 N–H and O–H groups in total. The first-order valence-electron chi connectivity index (χ1n) is 10.4. The van der Waals surface area contributed by atoms with E-state index in [1.165, 1.54) is 16.7 Å². The first kappa shape index (κ1) is 20.9. The number of carbonyl (C=O) groups excluding carboxylic acids is 2. The van der Waals surface area contributed by atoms with Gasteiger partial charge in [0.2, 0.25) is 5.91 Å². The Bertz CT molecular complexity index is 1470. The third-order valence-corrected chi connectivity index (χ3v) is 6.25. The molecule has 5 rings (SSSR count). The predicted octanol–water partition coefficient (Wildman–Crippen LogP) is 3.46. The summed E-state index contributed by atoms with van der Waals surface area (Å²) in [5.74, 6) is -2.79. The second-order valence-corrected chi connectivity index (χ2v) is 8.26. The van der Waals surface area contributed by atoms with Gasteiger partial charge in [-0.25, -0.2) is 8.78 Å². The van der Waals surface area contributed by atoms with Crippen molar-refractivity contribution < 1.29 is 18.4 Å². The smallest absolute Gasteiger partial charge is 0.270 e. The van der Waals surface area contributed by atoms with E-state index in [0.717, 1.165) is 23.0 Å². The Hall–Kier alpha value is -4.01. The first-order chi connectivity index (χ1) is 15.7. The van der Waals surface area contributed by atoms with Crippen LogP contribution in [0.15, 0.2) is 47.3 Å². The van der Waals surface area contributed by atoms with Crippen LogP contribution in [0.25, 0.3) is 21.7 Å². The van der Waals surface area contributed by atoms with Crippen molar-refractivity contribution in [3.63, 3.8) is 0 Å². The van der Waals surface area contributed by atoms with E-state index >= 15 is 0 Å². The van der Waals surface area contributed by atoms with Crippen molar-refractivity contribution in [1.82, 2.24) is 19.8 Å². The number of likely N-dealkylation sites (N-methyl/N-ethyl adjacent to an activating group) is 1. The molecule has 0 radical (unpaired) electrons. The highest BCUT2D eigenvalue weighted by Gasteiger charge is 2.35. The van der Waals surface area contributed by atoms with Gasteiger partial charge in [0.25, 0.3) is 11.5 Å². The fourth-order valence-corrected chi connectivity index (χ4v) is 4.53. The van der Waals surface area contributed by atoms with Crippen molar-refractivity contribution in [2.45, 2.75) is 19.5 Å². The molecule has 0 fully saturated rings. The molecule has 33 heavy (non-hydrogen) atoms. The molecular weight excluding hydrogens is 430 g/mol. The van der Waals surface area contributed by atoms with Crippen molar-refractivity contribution in [3.8, 4) is 0 Å². The number of aromatic amines is 2. The summed E-state index contributed by atoms with van der Waals surface area (Å²) in [6.45, 7) is 1.64. The van der Waals surface area contributed by atoms with E-state index in [9.17, 15) is 23.2 Å². The summed E-state index contributed by atoms with van der Waals surface area (Å²) in [7, 11) is 1.59. The molecule has 0 saturated carbocycles. The number of halogens is 2. The molecule has 9 heteroatoms. The molecule has 2 amide bonds. The van der Waals surface area contributed by atoms with Crippen molar-refractivity contribution in [3.05, 3.63) is 81.4 Å². The number of pyridine rings is 1. The molecule has 7 nitrogen and oxygen atoms in total. The van der Waals surface area contributed by atoms with Crippen molar-refractivity contribution >= 4 is 33.5 Å². The molecule has 168 valence electrons. The number of nitrogens with one attached hydrogen (secondary N) is 2. The number of hydrogen-bond donors (Lipinski definition) is 2. The maximum Gasteiger partial charge on any atom is 0.270 e. The molecule has 0 saturated heterocycles. The Kier molecular flexibility index (Phi) is 4.77. The van der Waals surface area contributed by atoms with Crippen LogP contribution >= 0.6 is 0 Å². The fourth-order valence-electron chi connectivity index (χ4n) is 4.53. The minimum atomic E-state index is -1.13. The summed E-state index contributed by atoms with van der Waals surface area (Å²) < 4.78 is 28.1. The van der Waals surface area contributed by atoms with Crippen molar-refractivity contribution in [2.24, 2.45) is 0 Å². The SMILES string of the molecule is CC(=O)N1Cc2[nH]c(=O)c3cc(F)c(F)cc3c2[C@@H](N(C)C(=O)c2cc3ccccc3[nH]2)C1. The zero-order chi connectivity index (χ0) is 23.4. The lowest BCUT2D eigenvalue weighted by molar-refractivity contribution is -0.130. The molecule has 0 unspecified atom stereocenters. The molecule has 0 aliphatic carbocycles. The summed E-state index contributed by atoms with van der Waals surface area (Å²) in [4.78, 5) is 47.0. The van der Waals surface area contributed by atoms with Gasteiger partial charge < -0.3 is 19.8 Å². The molecule has 2 aromatic carbocycles. The standard InChI is InChI=1S/C24H20F2N4O3/c1-12(31)30-10-20-22(14-8-16(25)17(26)9-15(14)23(32)28-20)21(11-30)29(2)24(33)19-7-13-5-3-4-6-18(13)27-19/h3-9,21,27H,10-11H2,1-2H3,(H,28,32)/t21-/m0/s1.